The van der Waals surface area contributed by atoms with Crippen LogP contribution in [0.1, 0.15) is 284 Å². The van der Waals surface area contributed by atoms with Gasteiger partial charge in [0.2, 0.25) is 0 Å². The summed E-state index contributed by atoms with van der Waals surface area (Å²) in [7, 11) is 0. The summed E-state index contributed by atoms with van der Waals surface area (Å²) in [5.41, 5.74) is 0. The Labute approximate surface area is 360 Å². The Morgan fingerprint density at radius 3 is 0.810 bits per heavy atom. The molecule has 0 aromatic carbocycles. The first kappa shape index (κ1) is 56.4. The van der Waals surface area contributed by atoms with Crippen LogP contribution in [-0.4, -0.2) is 48.9 Å². The van der Waals surface area contributed by atoms with E-state index in [9.17, 15) is 14.4 Å². The molecule has 344 valence electrons. The Morgan fingerprint density at radius 1 is 0.328 bits per heavy atom. The van der Waals surface area contributed by atoms with Gasteiger partial charge in [-0.25, -0.2) is 0 Å². The van der Waals surface area contributed by atoms with Crippen molar-refractivity contribution in [3.05, 3.63) is 0 Å². The molecule has 0 unspecified atom stereocenters. The third-order valence-corrected chi connectivity index (χ3v) is 11.7. The SMILES string of the molecule is CCCCCCCCCCCCCCCC(=O)OCC(COC(=O)CCCCCCCCCCCCCCC)OC(=O)CCCCCCCCCCCCCCCO. The van der Waals surface area contributed by atoms with Crippen LogP contribution in [-0.2, 0) is 28.6 Å². The summed E-state index contributed by atoms with van der Waals surface area (Å²) >= 11 is 0. The van der Waals surface area contributed by atoms with Gasteiger partial charge in [0.25, 0.3) is 0 Å². The van der Waals surface area contributed by atoms with Crippen molar-refractivity contribution >= 4 is 17.9 Å². The first-order chi connectivity index (χ1) is 28.5. The molecule has 0 atom stereocenters. The van der Waals surface area contributed by atoms with E-state index in [1.807, 2.05) is 0 Å². The van der Waals surface area contributed by atoms with Crippen LogP contribution in [0.5, 0.6) is 0 Å². The first-order valence-corrected chi connectivity index (χ1v) is 25.6. The summed E-state index contributed by atoms with van der Waals surface area (Å²) in [6, 6.07) is 0. The topological polar surface area (TPSA) is 99.1 Å². The van der Waals surface area contributed by atoms with Crippen LogP contribution in [0.15, 0.2) is 0 Å². The third-order valence-electron chi connectivity index (χ3n) is 11.7. The lowest BCUT2D eigenvalue weighted by Gasteiger charge is -2.18. The molecule has 58 heavy (non-hydrogen) atoms. The molecule has 0 saturated carbocycles. The summed E-state index contributed by atoms with van der Waals surface area (Å²) in [4.78, 5) is 37.9. The van der Waals surface area contributed by atoms with Crippen LogP contribution in [0.2, 0.25) is 0 Å². The van der Waals surface area contributed by atoms with Crippen LogP contribution < -0.4 is 0 Å². The zero-order chi connectivity index (χ0) is 42.3. The van der Waals surface area contributed by atoms with E-state index in [0.29, 0.717) is 25.9 Å². The molecule has 0 rings (SSSR count). The molecule has 0 aromatic rings. The second kappa shape index (κ2) is 48.0. The molecule has 0 heterocycles. The number of carbonyl (C=O) groups is 3. The number of aliphatic hydroxyl groups is 1. The van der Waals surface area contributed by atoms with Gasteiger partial charge in [0, 0.05) is 25.9 Å². The van der Waals surface area contributed by atoms with Gasteiger partial charge in [0.05, 0.1) is 0 Å². The van der Waals surface area contributed by atoms with Gasteiger partial charge in [-0.3, -0.25) is 14.4 Å². The first-order valence-electron chi connectivity index (χ1n) is 25.6. The van der Waals surface area contributed by atoms with Gasteiger partial charge in [0.1, 0.15) is 13.2 Å². The molecule has 0 aliphatic heterocycles. The molecule has 0 fully saturated rings. The minimum absolute atomic E-state index is 0.0717. The Bertz CT molecular complexity index is 816. The molecular weight excluding hydrogens is 725 g/mol. The smallest absolute Gasteiger partial charge is 0.306 e. The maximum atomic E-state index is 12.8. The van der Waals surface area contributed by atoms with Gasteiger partial charge in [-0.15, -0.1) is 0 Å². The van der Waals surface area contributed by atoms with Crippen LogP contribution in [0.4, 0.5) is 0 Å². The summed E-state index contributed by atoms with van der Waals surface area (Å²) in [6.07, 6.45) is 48.0. The normalized spacial score (nSPS) is 11.4. The van der Waals surface area contributed by atoms with E-state index in [1.165, 1.54) is 180 Å². The van der Waals surface area contributed by atoms with Gasteiger partial charge >= 0.3 is 17.9 Å². The monoisotopic (exact) mass is 823 g/mol. The third kappa shape index (κ3) is 45.5. The van der Waals surface area contributed by atoms with Crippen LogP contribution >= 0.6 is 0 Å². The molecule has 0 aliphatic rings. The van der Waals surface area contributed by atoms with E-state index in [0.717, 1.165) is 70.6 Å². The summed E-state index contributed by atoms with van der Waals surface area (Å²) in [6.45, 7) is 4.70. The molecule has 0 spiro atoms. The Kier molecular flexibility index (Phi) is 46.7. The van der Waals surface area contributed by atoms with Crippen molar-refractivity contribution in [1.82, 2.24) is 0 Å². The van der Waals surface area contributed by atoms with E-state index in [-0.39, 0.29) is 31.1 Å². The standard InChI is InChI=1S/C51H98O7/c1-3-5-7-9-11-13-15-18-22-26-30-34-38-42-49(53)56-46-48(47-57-50(54)43-39-35-31-27-23-19-16-14-12-10-8-6-4-2)58-51(55)44-40-36-32-28-24-20-17-21-25-29-33-37-41-45-52/h48,52H,3-47H2,1-2H3. The second-order valence-corrected chi connectivity index (χ2v) is 17.5. The van der Waals surface area contributed by atoms with Crippen LogP contribution in [0, 0.1) is 0 Å². The molecule has 7 heteroatoms. The zero-order valence-electron chi connectivity index (χ0n) is 38.8. The second-order valence-electron chi connectivity index (χ2n) is 17.5. The molecular formula is C51H98O7. The molecule has 0 radical (unpaired) electrons. The maximum Gasteiger partial charge on any atom is 0.306 e. The fraction of sp³-hybridized carbons (Fsp3) is 0.941. The highest BCUT2D eigenvalue weighted by atomic mass is 16.6. The highest BCUT2D eigenvalue weighted by Gasteiger charge is 2.19. The van der Waals surface area contributed by atoms with E-state index < -0.39 is 6.10 Å². The lowest BCUT2D eigenvalue weighted by atomic mass is 10.0. The van der Waals surface area contributed by atoms with E-state index in [2.05, 4.69) is 13.8 Å². The predicted octanol–water partition coefficient (Wildman–Crippen LogP) is 15.4. The lowest BCUT2D eigenvalue weighted by Crippen LogP contribution is -2.30. The van der Waals surface area contributed by atoms with Crippen molar-refractivity contribution in [2.75, 3.05) is 19.8 Å². The van der Waals surface area contributed by atoms with Crippen LogP contribution in [0.25, 0.3) is 0 Å². The number of rotatable bonds is 48. The summed E-state index contributed by atoms with van der Waals surface area (Å²) < 4.78 is 16.8. The molecule has 1 N–H and O–H groups in total. The lowest BCUT2D eigenvalue weighted by molar-refractivity contribution is -0.167. The van der Waals surface area contributed by atoms with E-state index >= 15 is 0 Å². The quantitative estimate of drug-likeness (QED) is 0.0371. The van der Waals surface area contributed by atoms with Crippen molar-refractivity contribution in [2.45, 2.75) is 290 Å². The zero-order valence-corrected chi connectivity index (χ0v) is 38.8. The number of esters is 3. The summed E-state index contributed by atoms with van der Waals surface area (Å²) in [5, 5.41) is 8.87. The largest absolute Gasteiger partial charge is 0.462 e. The highest BCUT2D eigenvalue weighted by molar-refractivity contribution is 5.71. The van der Waals surface area contributed by atoms with Gasteiger partial charge in [-0.1, -0.05) is 239 Å². The van der Waals surface area contributed by atoms with Gasteiger partial charge in [-0.2, -0.15) is 0 Å². The molecule has 7 nitrogen and oxygen atoms in total. The van der Waals surface area contributed by atoms with E-state index in [4.69, 9.17) is 19.3 Å². The van der Waals surface area contributed by atoms with E-state index in [1.54, 1.807) is 0 Å². The minimum atomic E-state index is -0.770. The van der Waals surface area contributed by atoms with Gasteiger partial charge < -0.3 is 19.3 Å². The van der Waals surface area contributed by atoms with Crippen molar-refractivity contribution < 1.29 is 33.7 Å². The highest BCUT2D eigenvalue weighted by Crippen LogP contribution is 2.17. The molecule has 0 aliphatic carbocycles. The number of carbonyl (C=O) groups excluding carboxylic acids is 3. The molecule has 0 aromatic heterocycles. The predicted molar refractivity (Wildman–Crippen MR) is 244 cm³/mol. The number of hydrogen-bond acceptors (Lipinski definition) is 7. The Balaban J connectivity index is 4.31. The Morgan fingerprint density at radius 2 is 0.552 bits per heavy atom. The van der Waals surface area contributed by atoms with Crippen molar-refractivity contribution in [1.29, 1.82) is 0 Å². The van der Waals surface area contributed by atoms with Crippen molar-refractivity contribution in [3.63, 3.8) is 0 Å². The average Bonchev–Trinajstić information content (AvgIpc) is 3.22. The number of aliphatic hydroxyl groups excluding tert-OH is 1. The minimum Gasteiger partial charge on any atom is -0.462 e. The van der Waals surface area contributed by atoms with Crippen LogP contribution in [0.3, 0.4) is 0 Å². The number of unbranched alkanes of at least 4 members (excludes halogenated alkanes) is 36. The summed E-state index contributed by atoms with van der Waals surface area (Å²) in [5.74, 6) is -0.870. The molecule has 0 bridgehead atoms. The fourth-order valence-electron chi connectivity index (χ4n) is 7.78. The molecule has 0 amide bonds. The number of hydrogen-bond donors (Lipinski definition) is 1. The Hall–Kier alpha value is -1.63. The number of ether oxygens (including phenoxy) is 3. The fourth-order valence-corrected chi connectivity index (χ4v) is 7.78. The van der Waals surface area contributed by atoms with Crippen molar-refractivity contribution in [2.24, 2.45) is 0 Å². The average molecular weight is 823 g/mol. The van der Waals surface area contributed by atoms with Gasteiger partial charge in [0.15, 0.2) is 6.10 Å². The van der Waals surface area contributed by atoms with Crippen molar-refractivity contribution in [3.8, 4) is 0 Å². The maximum absolute atomic E-state index is 12.8. The molecule has 0 saturated heterocycles. The van der Waals surface area contributed by atoms with Gasteiger partial charge in [-0.05, 0) is 25.7 Å².